The molecule has 0 saturated heterocycles. The van der Waals surface area contributed by atoms with Gasteiger partial charge in [0.25, 0.3) is 0 Å². The lowest BCUT2D eigenvalue weighted by Crippen LogP contribution is -2.22. The van der Waals surface area contributed by atoms with Gasteiger partial charge in [0.2, 0.25) is 5.91 Å². The van der Waals surface area contributed by atoms with Gasteiger partial charge in [-0.3, -0.25) is 4.79 Å². The van der Waals surface area contributed by atoms with Crippen LogP contribution < -0.4 is 10.6 Å². The Balaban J connectivity index is 3.05. The highest BCUT2D eigenvalue weighted by atomic mass is 16.1. The normalized spacial score (nSPS) is 10.1. The van der Waals surface area contributed by atoms with Gasteiger partial charge in [0, 0.05) is 24.3 Å². The van der Waals surface area contributed by atoms with Crippen molar-refractivity contribution in [1.29, 1.82) is 0 Å². The number of anilines is 1. The van der Waals surface area contributed by atoms with Crippen molar-refractivity contribution in [2.75, 3.05) is 18.0 Å². The third-order valence-electron chi connectivity index (χ3n) is 2.60. The molecule has 0 saturated carbocycles. The average molecular weight is 206 g/mol. The zero-order valence-corrected chi connectivity index (χ0v) is 9.58. The Labute approximate surface area is 90.9 Å². The molecule has 0 heterocycles. The summed E-state index contributed by atoms with van der Waals surface area (Å²) < 4.78 is 0. The van der Waals surface area contributed by atoms with Crippen LogP contribution in [0.1, 0.15) is 29.8 Å². The largest absolute Gasteiger partial charge is 0.372 e. The molecule has 0 radical (unpaired) electrons. The molecule has 0 aliphatic rings. The lowest BCUT2D eigenvalue weighted by molar-refractivity contribution is 0.1000. The van der Waals surface area contributed by atoms with Crippen LogP contribution in [-0.2, 0) is 0 Å². The second-order valence-electron chi connectivity index (χ2n) is 3.54. The number of benzene rings is 1. The molecule has 2 N–H and O–H groups in total. The Kier molecular flexibility index (Phi) is 3.72. The zero-order valence-electron chi connectivity index (χ0n) is 9.58. The Morgan fingerprint density at radius 1 is 1.33 bits per heavy atom. The quantitative estimate of drug-likeness (QED) is 0.818. The Bertz CT molecular complexity index is 357. The van der Waals surface area contributed by atoms with Crippen molar-refractivity contribution in [2.24, 2.45) is 5.73 Å². The summed E-state index contributed by atoms with van der Waals surface area (Å²) in [6.07, 6.45) is 0. The van der Waals surface area contributed by atoms with Crippen LogP contribution in [0.3, 0.4) is 0 Å². The van der Waals surface area contributed by atoms with Gasteiger partial charge in [0.05, 0.1) is 0 Å². The maximum absolute atomic E-state index is 11.1. The monoisotopic (exact) mass is 206 g/mol. The number of nitrogens with two attached hydrogens (primary N) is 1. The molecule has 0 unspecified atom stereocenters. The molecule has 0 aliphatic heterocycles. The third kappa shape index (κ3) is 2.49. The first-order chi connectivity index (χ1) is 7.10. The highest BCUT2D eigenvalue weighted by molar-refractivity contribution is 5.94. The number of nitrogens with zero attached hydrogens (tertiary/aromatic N) is 1. The highest BCUT2D eigenvalue weighted by Gasteiger charge is 2.07. The molecule has 3 nitrogen and oxygen atoms in total. The minimum Gasteiger partial charge on any atom is -0.372 e. The lowest BCUT2D eigenvalue weighted by Gasteiger charge is -2.21. The topological polar surface area (TPSA) is 46.3 Å². The third-order valence-corrected chi connectivity index (χ3v) is 2.60. The van der Waals surface area contributed by atoms with Crippen LogP contribution in [-0.4, -0.2) is 19.0 Å². The molecule has 0 bridgehead atoms. The van der Waals surface area contributed by atoms with Crippen molar-refractivity contribution in [3.63, 3.8) is 0 Å². The van der Waals surface area contributed by atoms with Crippen molar-refractivity contribution < 1.29 is 4.79 Å². The molecular formula is C12H18N2O. The van der Waals surface area contributed by atoms with E-state index in [9.17, 15) is 4.79 Å². The summed E-state index contributed by atoms with van der Waals surface area (Å²) in [7, 11) is 0. The molecule has 0 atom stereocenters. The summed E-state index contributed by atoms with van der Waals surface area (Å²) >= 11 is 0. The first kappa shape index (κ1) is 11.6. The standard InChI is InChI=1S/C12H18N2O/c1-4-14(5-2)10-6-7-11(12(13)15)9(3)8-10/h6-8H,4-5H2,1-3H3,(H2,13,15). The number of hydrogen-bond donors (Lipinski definition) is 1. The fourth-order valence-electron chi connectivity index (χ4n) is 1.71. The molecule has 82 valence electrons. The van der Waals surface area contributed by atoms with E-state index in [1.807, 2.05) is 19.1 Å². The molecule has 1 aromatic rings. The van der Waals surface area contributed by atoms with Crippen molar-refractivity contribution in [2.45, 2.75) is 20.8 Å². The minimum atomic E-state index is -0.362. The number of hydrogen-bond acceptors (Lipinski definition) is 2. The van der Waals surface area contributed by atoms with E-state index in [-0.39, 0.29) is 5.91 Å². The van der Waals surface area contributed by atoms with Gasteiger partial charge in [-0.1, -0.05) is 0 Å². The number of primary amides is 1. The van der Waals surface area contributed by atoms with Crippen LogP contribution in [0.25, 0.3) is 0 Å². The molecule has 1 rings (SSSR count). The van der Waals surface area contributed by atoms with E-state index < -0.39 is 0 Å². The SMILES string of the molecule is CCN(CC)c1ccc(C(N)=O)c(C)c1. The number of carbonyl (C=O) groups excluding carboxylic acids is 1. The van der Waals surface area contributed by atoms with Gasteiger partial charge in [-0.05, 0) is 44.5 Å². The second-order valence-corrected chi connectivity index (χ2v) is 3.54. The maximum Gasteiger partial charge on any atom is 0.248 e. The molecular weight excluding hydrogens is 188 g/mol. The van der Waals surface area contributed by atoms with E-state index in [0.717, 1.165) is 24.3 Å². The van der Waals surface area contributed by atoms with E-state index in [1.165, 1.54) is 0 Å². The zero-order chi connectivity index (χ0) is 11.4. The van der Waals surface area contributed by atoms with Crippen molar-refractivity contribution in [3.05, 3.63) is 29.3 Å². The van der Waals surface area contributed by atoms with Crippen LogP contribution in [0.5, 0.6) is 0 Å². The predicted octanol–water partition coefficient (Wildman–Crippen LogP) is 1.94. The Morgan fingerprint density at radius 2 is 1.93 bits per heavy atom. The number of rotatable bonds is 4. The Morgan fingerprint density at radius 3 is 2.33 bits per heavy atom. The van der Waals surface area contributed by atoms with Crippen LogP contribution in [0.15, 0.2) is 18.2 Å². The molecule has 3 heteroatoms. The van der Waals surface area contributed by atoms with Gasteiger partial charge in [-0.15, -0.1) is 0 Å². The summed E-state index contributed by atoms with van der Waals surface area (Å²) in [5, 5.41) is 0. The lowest BCUT2D eigenvalue weighted by atomic mass is 10.1. The molecule has 15 heavy (non-hydrogen) atoms. The van der Waals surface area contributed by atoms with Crippen molar-refractivity contribution in [1.82, 2.24) is 0 Å². The summed E-state index contributed by atoms with van der Waals surface area (Å²) in [5.41, 5.74) is 7.93. The van der Waals surface area contributed by atoms with Crippen molar-refractivity contribution >= 4 is 11.6 Å². The van der Waals surface area contributed by atoms with Gasteiger partial charge >= 0.3 is 0 Å². The van der Waals surface area contributed by atoms with E-state index in [0.29, 0.717) is 5.56 Å². The van der Waals surface area contributed by atoms with Crippen LogP contribution in [0, 0.1) is 6.92 Å². The van der Waals surface area contributed by atoms with Gasteiger partial charge in [0.15, 0.2) is 0 Å². The first-order valence-corrected chi connectivity index (χ1v) is 5.25. The summed E-state index contributed by atoms with van der Waals surface area (Å²) in [5.74, 6) is -0.362. The van der Waals surface area contributed by atoms with E-state index in [4.69, 9.17) is 5.73 Å². The summed E-state index contributed by atoms with van der Waals surface area (Å²) in [6.45, 7) is 8.06. The number of amides is 1. The molecule has 1 amide bonds. The van der Waals surface area contributed by atoms with Gasteiger partial charge in [0.1, 0.15) is 0 Å². The summed E-state index contributed by atoms with van der Waals surface area (Å²) in [4.78, 5) is 13.3. The first-order valence-electron chi connectivity index (χ1n) is 5.25. The fourth-order valence-corrected chi connectivity index (χ4v) is 1.71. The molecule has 0 aromatic heterocycles. The van der Waals surface area contributed by atoms with E-state index >= 15 is 0 Å². The number of carbonyl (C=O) groups is 1. The maximum atomic E-state index is 11.1. The minimum absolute atomic E-state index is 0.362. The number of aryl methyl sites for hydroxylation is 1. The molecule has 0 aliphatic carbocycles. The van der Waals surface area contributed by atoms with Crippen molar-refractivity contribution in [3.8, 4) is 0 Å². The molecule has 0 fully saturated rings. The van der Waals surface area contributed by atoms with Crippen LogP contribution in [0.2, 0.25) is 0 Å². The highest BCUT2D eigenvalue weighted by Crippen LogP contribution is 2.18. The molecule has 0 spiro atoms. The fraction of sp³-hybridized carbons (Fsp3) is 0.417. The Hall–Kier alpha value is -1.51. The average Bonchev–Trinajstić information content (AvgIpc) is 2.19. The predicted molar refractivity (Wildman–Crippen MR) is 63.3 cm³/mol. The van der Waals surface area contributed by atoms with E-state index in [1.54, 1.807) is 6.07 Å². The molecule has 1 aromatic carbocycles. The van der Waals surface area contributed by atoms with E-state index in [2.05, 4.69) is 18.7 Å². The second kappa shape index (κ2) is 4.82. The van der Waals surface area contributed by atoms with Gasteiger partial charge in [-0.25, -0.2) is 0 Å². The van der Waals surface area contributed by atoms with Crippen LogP contribution >= 0.6 is 0 Å². The van der Waals surface area contributed by atoms with Crippen LogP contribution in [0.4, 0.5) is 5.69 Å². The van der Waals surface area contributed by atoms with Gasteiger partial charge in [-0.2, -0.15) is 0 Å². The van der Waals surface area contributed by atoms with Gasteiger partial charge < -0.3 is 10.6 Å². The smallest absolute Gasteiger partial charge is 0.248 e. The summed E-state index contributed by atoms with van der Waals surface area (Å²) in [6, 6.07) is 5.75.